The van der Waals surface area contributed by atoms with E-state index in [1.54, 1.807) is 12.0 Å². The molecule has 0 saturated heterocycles. The zero-order valence-electron chi connectivity index (χ0n) is 19.6. The van der Waals surface area contributed by atoms with Crippen LogP contribution in [0.4, 0.5) is 0 Å². The van der Waals surface area contributed by atoms with Crippen molar-refractivity contribution in [3.05, 3.63) is 63.8 Å². The number of amides is 2. The number of rotatable bonds is 6. The molecule has 9 heteroatoms. The van der Waals surface area contributed by atoms with Crippen molar-refractivity contribution in [2.24, 2.45) is 0 Å². The number of hydrogen-bond acceptors (Lipinski definition) is 6. The maximum absolute atomic E-state index is 13.3. The molecule has 2 aliphatic rings. The highest BCUT2D eigenvalue weighted by atomic mass is 16.5. The Morgan fingerprint density at radius 2 is 1.91 bits per heavy atom. The van der Waals surface area contributed by atoms with Gasteiger partial charge in [-0.2, -0.15) is 5.10 Å². The van der Waals surface area contributed by atoms with E-state index in [0.29, 0.717) is 44.1 Å². The van der Waals surface area contributed by atoms with Gasteiger partial charge in [0, 0.05) is 42.9 Å². The van der Waals surface area contributed by atoms with E-state index in [1.807, 2.05) is 35.9 Å². The van der Waals surface area contributed by atoms with Crippen LogP contribution in [0.25, 0.3) is 0 Å². The van der Waals surface area contributed by atoms with Crippen LogP contribution in [0.15, 0.2) is 28.8 Å². The molecule has 1 N–H and O–H groups in total. The molecule has 178 valence electrons. The summed E-state index contributed by atoms with van der Waals surface area (Å²) >= 11 is 0. The number of hydrogen-bond donors (Lipinski definition) is 1. The number of benzene rings is 1. The van der Waals surface area contributed by atoms with Crippen molar-refractivity contribution in [1.29, 1.82) is 0 Å². The number of methoxy groups -OCH3 is 1. The number of fused-ring (bicyclic) bond motifs is 2. The minimum absolute atomic E-state index is 0.157. The average molecular weight is 464 g/mol. The third kappa shape index (κ3) is 4.06. The first-order valence-electron chi connectivity index (χ1n) is 11.9. The Balaban J connectivity index is 1.34. The molecule has 9 nitrogen and oxygen atoms in total. The standard InChI is InChI=1S/C25H29N5O4/c1-3-30-21-12-13-29(25(32)23-18-6-4-5-7-20(18)28-34-23)15-19(21)22(27-30)24(31)26-14-16-8-10-17(33-2)11-9-16/h8-11H,3-7,12-15H2,1-2H3,(H,26,31). The van der Waals surface area contributed by atoms with Crippen molar-refractivity contribution in [2.75, 3.05) is 13.7 Å². The van der Waals surface area contributed by atoms with Gasteiger partial charge >= 0.3 is 0 Å². The van der Waals surface area contributed by atoms with E-state index in [0.717, 1.165) is 59.5 Å². The van der Waals surface area contributed by atoms with E-state index < -0.39 is 0 Å². The molecule has 3 aromatic rings. The number of ether oxygens (including phenoxy) is 1. The lowest BCUT2D eigenvalue weighted by Gasteiger charge is -2.27. The SMILES string of the molecule is CCn1nc(C(=O)NCc2ccc(OC)cc2)c2c1CCN(C(=O)c1onc3c1CCCC3)C2. The van der Waals surface area contributed by atoms with Gasteiger partial charge in [0.05, 0.1) is 19.3 Å². The molecule has 34 heavy (non-hydrogen) atoms. The zero-order valence-corrected chi connectivity index (χ0v) is 19.6. The van der Waals surface area contributed by atoms with Crippen molar-refractivity contribution in [3.63, 3.8) is 0 Å². The van der Waals surface area contributed by atoms with Gasteiger partial charge in [-0.05, 0) is 50.3 Å². The topological polar surface area (TPSA) is 102 Å². The molecular formula is C25H29N5O4. The van der Waals surface area contributed by atoms with Crippen LogP contribution in [-0.2, 0) is 38.9 Å². The van der Waals surface area contributed by atoms with E-state index in [2.05, 4.69) is 15.6 Å². The zero-order chi connectivity index (χ0) is 23.7. The fraction of sp³-hybridized carbons (Fsp3) is 0.440. The van der Waals surface area contributed by atoms with Gasteiger partial charge in [-0.1, -0.05) is 17.3 Å². The molecule has 1 aliphatic carbocycles. The lowest BCUT2D eigenvalue weighted by Crippen LogP contribution is -2.37. The van der Waals surface area contributed by atoms with Crippen LogP contribution < -0.4 is 10.1 Å². The summed E-state index contributed by atoms with van der Waals surface area (Å²) in [6, 6.07) is 7.55. The maximum Gasteiger partial charge on any atom is 0.293 e. The Hall–Kier alpha value is -3.62. The van der Waals surface area contributed by atoms with Gasteiger partial charge in [0.2, 0.25) is 5.76 Å². The van der Waals surface area contributed by atoms with Crippen molar-refractivity contribution in [2.45, 2.75) is 58.7 Å². The van der Waals surface area contributed by atoms with Gasteiger partial charge in [-0.25, -0.2) is 0 Å². The Labute approximate surface area is 198 Å². The summed E-state index contributed by atoms with van der Waals surface area (Å²) in [5, 5.41) is 11.7. The Morgan fingerprint density at radius 3 is 2.68 bits per heavy atom. The number of carbonyl (C=O) groups excluding carboxylic acids is 2. The number of carbonyl (C=O) groups is 2. The molecule has 0 fully saturated rings. The first-order chi connectivity index (χ1) is 16.6. The van der Waals surface area contributed by atoms with Gasteiger partial charge in [-0.15, -0.1) is 0 Å². The number of aromatic nitrogens is 3. The normalized spacial score (nSPS) is 14.9. The summed E-state index contributed by atoms with van der Waals surface area (Å²) in [5.41, 5.74) is 5.02. The number of aryl methyl sites for hydroxylation is 2. The van der Waals surface area contributed by atoms with E-state index >= 15 is 0 Å². The largest absolute Gasteiger partial charge is 0.497 e. The second kappa shape index (κ2) is 9.32. The third-order valence-corrected chi connectivity index (χ3v) is 6.70. The number of nitrogens with zero attached hydrogens (tertiary/aromatic N) is 4. The Kier molecular flexibility index (Phi) is 6.08. The van der Waals surface area contributed by atoms with Crippen LogP contribution >= 0.6 is 0 Å². The molecule has 5 rings (SSSR count). The molecule has 1 aliphatic heterocycles. The highest BCUT2D eigenvalue weighted by Gasteiger charge is 2.33. The smallest absolute Gasteiger partial charge is 0.293 e. The molecule has 0 unspecified atom stereocenters. The van der Waals surface area contributed by atoms with Crippen LogP contribution in [0.1, 0.15) is 68.9 Å². The lowest BCUT2D eigenvalue weighted by atomic mass is 9.95. The highest BCUT2D eigenvalue weighted by Crippen LogP contribution is 2.28. The van der Waals surface area contributed by atoms with Gasteiger partial charge in [-0.3, -0.25) is 14.3 Å². The summed E-state index contributed by atoms with van der Waals surface area (Å²) in [4.78, 5) is 28.2. The van der Waals surface area contributed by atoms with E-state index in [9.17, 15) is 9.59 Å². The fourth-order valence-electron chi connectivity index (χ4n) is 4.82. The van der Waals surface area contributed by atoms with Crippen molar-refractivity contribution in [3.8, 4) is 5.75 Å². The maximum atomic E-state index is 13.3. The summed E-state index contributed by atoms with van der Waals surface area (Å²) < 4.78 is 12.5. The lowest BCUT2D eigenvalue weighted by molar-refractivity contribution is 0.0687. The quantitative estimate of drug-likeness (QED) is 0.603. The molecule has 0 saturated carbocycles. The van der Waals surface area contributed by atoms with E-state index in [-0.39, 0.29) is 11.8 Å². The predicted molar refractivity (Wildman–Crippen MR) is 124 cm³/mol. The number of nitrogens with one attached hydrogen (secondary N) is 1. The van der Waals surface area contributed by atoms with E-state index in [1.165, 1.54) is 0 Å². The van der Waals surface area contributed by atoms with Gasteiger partial charge < -0.3 is 19.5 Å². The fourth-order valence-corrected chi connectivity index (χ4v) is 4.82. The van der Waals surface area contributed by atoms with Gasteiger partial charge in [0.1, 0.15) is 5.75 Å². The van der Waals surface area contributed by atoms with Crippen molar-refractivity contribution >= 4 is 11.8 Å². The monoisotopic (exact) mass is 463 g/mol. The molecule has 2 amide bonds. The van der Waals surface area contributed by atoms with Crippen molar-refractivity contribution < 1.29 is 18.8 Å². The van der Waals surface area contributed by atoms with E-state index in [4.69, 9.17) is 9.26 Å². The molecule has 2 aromatic heterocycles. The molecule has 0 radical (unpaired) electrons. The van der Waals surface area contributed by atoms with Crippen LogP contribution in [0.2, 0.25) is 0 Å². The van der Waals surface area contributed by atoms with Crippen LogP contribution in [0.5, 0.6) is 5.75 Å². The molecular weight excluding hydrogens is 434 g/mol. The van der Waals surface area contributed by atoms with Gasteiger partial charge in [0.15, 0.2) is 5.69 Å². The second-order valence-electron chi connectivity index (χ2n) is 8.74. The summed E-state index contributed by atoms with van der Waals surface area (Å²) in [6.07, 6.45) is 4.44. The Bertz CT molecular complexity index is 1210. The first kappa shape index (κ1) is 22.2. The molecule has 0 bridgehead atoms. The van der Waals surface area contributed by atoms with Crippen LogP contribution in [-0.4, -0.2) is 45.3 Å². The average Bonchev–Trinajstić information content (AvgIpc) is 3.48. The molecule has 1 aromatic carbocycles. The highest BCUT2D eigenvalue weighted by molar-refractivity contribution is 5.95. The second-order valence-corrected chi connectivity index (χ2v) is 8.74. The summed E-state index contributed by atoms with van der Waals surface area (Å²) in [7, 11) is 1.62. The predicted octanol–water partition coefficient (Wildman–Crippen LogP) is 2.91. The summed E-state index contributed by atoms with van der Waals surface area (Å²) in [6.45, 7) is 3.93. The molecule has 3 heterocycles. The van der Waals surface area contributed by atoms with Crippen molar-refractivity contribution in [1.82, 2.24) is 25.2 Å². The molecule has 0 spiro atoms. The van der Waals surface area contributed by atoms with Gasteiger partial charge in [0.25, 0.3) is 11.8 Å². The third-order valence-electron chi connectivity index (χ3n) is 6.70. The minimum atomic E-state index is -0.245. The minimum Gasteiger partial charge on any atom is -0.497 e. The first-order valence-corrected chi connectivity index (χ1v) is 11.9. The van der Waals surface area contributed by atoms with Crippen LogP contribution in [0, 0.1) is 0 Å². The Morgan fingerprint density at radius 1 is 1.12 bits per heavy atom. The van der Waals surface area contributed by atoms with Crippen LogP contribution in [0.3, 0.4) is 0 Å². The summed E-state index contributed by atoms with van der Waals surface area (Å²) in [5.74, 6) is 0.718. The molecule has 0 atom stereocenters.